The molecule has 0 spiro atoms. The van der Waals surface area contributed by atoms with Crippen LogP contribution in [0.25, 0.3) is 0 Å². The molecule has 0 saturated carbocycles. The quantitative estimate of drug-likeness (QED) is 0.834. The van der Waals surface area contributed by atoms with Gasteiger partial charge in [0.2, 0.25) is 0 Å². The van der Waals surface area contributed by atoms with Crippen molar-refractivity contribution in [3.8, 4) is 5.75 Å². The second-order valence-electron chi connectivity index (χ2n) is 4.73. The lowest BCUT2D eigenvalue weighted by Crippen LogP contribution is -2.10. The molecule has 0 saturated heterocycles. The third-order valence-electron chi connectivity index (χ3n) is 3.29. The van der Waals surface area contributed by atoms with Gasteiger partial charge in [-0.15, -0.1) is 0 Å². The molecule has 0 bridgehead atoms. The Kier molecular flexibility index (Phi) is 8.68. The molecule has 1 rings (SSSR count). The molecule has 3 heteroatoms. The number of esters is 1. The first-order valence-electron chi connectivity index (χ1n) is 6.82. The van der Waals surface area contributed by atoms with Crippen molar-refractivity contribution in [3.63, 3.8) is 0 Å². The Morgan fingerprint density at radius 1 is 1.16 bits per heavy atom. The van der Waals surface area contributed by atoms with Gasteiger partial charge in [-0.05, 0) is 36.5 Å². The summed E-state index contributed by atoms with van der Waals surface area (Å²) in [5, 5.41) is 9.01. The van der Waals surface area contributed by atoms with Crippen LogP contribution < -0.4 is 0 Å². The number of methoxy groups -OCH3 is 1. The Morgan fingerprint density at radius 3 is 2.00 bits per heavy atom. The van der Waals surface area contributed by atoms with Gasteiger partial charge in [-0.25, -0.2) is 0 Å². The molecule has 2 atom stereocenters. The van der Waals surface area contributed by atoms with Crippen LogP contribution in [0.2, 0.25) is 0 Å². The van der Waals surface area contributed by atoms with E-state index in [0.29, 0.717) is 11.7 Å². The minimum Gasteiger partial charge on any atom is -0.508 e. The maximum Gasteiger partial charge on any atom is 0.308 e. The Morgan fingerprint density at radius 2 is 1.68 bits per heavy atom. The van der Waals surface area contributed by atoms with Gasteiger partial charge >= 0.3 is 5.97 Å². The number of phenolic OH excluding ortho intramolecular Hbond substituents is 1. The van der Waals surface area contributed by atoms with E-state index in [-0.39, 0.29) is 11.9 Å². The monoisotopic (exact) mass is 266 g/mol. The van der Waals surface area contributed by atoms with E-state index in [0.717, 1.165) is 12.8 Å². The van der Waals surface area contributed by atoms with Gasteiger partial charge in [-0.3, -0.25) is 4.79 Å². The molecule has 2 unspecified atom stereocenters. The van der Waals surface area contributed by atoms with Crippen molar-refractivity contribution in [1.82, 2.24) is 0 Å². The van der Waals surface area contributed by atoms with Crippen LogP contribution in [0.4, 0.5) is 0 Å². The highest BCUT2D eigenvalue weighted by Crippen LogP contribution is 2.20. The molecule has 0 amide bonds. The summed E-state index contributed by atoms with van der Waals surface area (Å²) in [6, 6.07) is 7.43. The molecule has 0 radical (unpaired) electrons. The maximum atomic E-state index is 10.5. The molecule has 3 nitrogen and oxygen atoms in total. The molecule has 0 aliphatic rings. The van der Waals surface area contributed by atoms with Gasteiger partial charge in [-0.2, -0.15) is 0 Å². The molecule has 0 aliphatic heterocycles. The highest BCUT2D eigenvalue weighted by molar-refractivity contribution is 5.71. The summed E-state index contributed by atoms with van der Waals surface area (Å²) in [6.07, 6.45) is 2.00. The fraction of sp³-hybridized carbons (Fsp3) is 0.562. The molecule has 1 aromatic rings. The smallest absolute Gasteiger partial charge is 0.308 e. The number of hydrogen-bond donors (Lipinski definition) is 1. The van der Waals surface area contributed by atoms with Crippen LogP contribution in [0.5, 0.6) is 5.75 Å². The third-order valence-corrected chi connectivity index (χ3v) is 3.29. The number of ether oxygens (including phenoxy) is 1. The van der Waals surface area contributed by atoms with Crippen molar-refractivity contribution in [1.29, 1.82) is 0 Å². The van der Waals surface area contributed by atoms with Crippen LogP contribution in [0.1, 0.15) is 52.0 Å². The van der Waals surface area contributed by atoms with Crippen LogP contribution in [0.3, 0.4) is 0 Å². The first-order valence-corrected chi connectivity index (χ1v) is 6.82. The maximum absolute atomic E-state index is 10.5. The number of carbonyl (C=O) groups excluding carboxylic acids is 1. The van der Waals surface area contributed by atoms with E-state index in [1.165, 1.54) is 12.7 Å². The molecule has 1 N–H and O–H groups in total. The van der Waals surface area contributed by atoms with E-state index in [1.807, 2.05) is 26.0 Å². The second kappa shape index (κ2) is 9.42. The van der Waals surface area contributed by atoms with E-state index in [1.54, 1.807) is 12.1 Å². The summed E-state index contributed by atoms with van der Waals surface area (Å²) in [7, 11) is 1.41. The Labute approximate surface area is 116 Å². The molecule has 108 valence electrons. The van der Waals surface area contributed by atoms with Crippen LogP contribution in [0.15, 0.2) is 24.3 Å². The van der Waals surface area contributed by atoms with Gasteiger partial charge in [0.25, 0.3) is 0 Å². The molecule has 19 heavy (non-hydrogen) atoms. The number of rotatable bonds is 4. The van der Waals surface area contributed by atoms with E-state index >= 15 is 0 Å². The zero-order chi connectivity index (χ0) is 14.8. The molecular weight excluding hydrogens is 240 g/mol. The van der Waals surface area contributed by atoms with Crippen molar-refractivity contribution in [2.45, 2.75) is 46.5 Å². The van der Waals surface area contributed by atoms with E-state index < -0.39 is 0 Å². The predicted molar refractivity (Wildman–Crippen MR) is 78.3 cm³/mol. The average molecular weight is 266 g/mol. The zero-order valence-corrected chi connectivity index (χ0v) is 12.6. The van der Waals surface area contributed by atoms with Crippen LogP contribution in [0, 0.1) is 5.92 Å². The molecular formula is C16H26O3. The first-order chi connectivity index (χ1) is 8.96. The number of hydrogen-bond acceptors (Lipinski definition) is 3. The zero-order valence-electron chi connectivity index (χ0n) is 12.6. The summed E-state index contributed by atoms with van der Waals surface area (Å²) in [5.74, 6) is 0.875. The van der Waals surface area contributed by atoms with Crippen LogP contribution in [-0.4, -0.2) is 18.2 Å². The van der Waals surface area contributed by atoms with Crippen LogP contribution in [-0.2, 0) is 9.53 Å². The summed E-state index contributed by atoms with van der Waals surface area (Å²) < 4.78 is 4.46. The van der Waals surface area contributed by atoms with Crippen molar-refractivity contribution in [3.05, 3.63) is 29.8 Å². The largest absolute Gasteiger partial charge is 0.508 e. The van der Waals surface area contributed by atoms with Crippen molar-refractivity contribution in [2.75, 3.05) is 7.11 Å². The molecule has 0 fully saturated rings. The molecule has 0 heterocycles. The minimum absolute atomic E-state index is 0.0556. The number of aromatic hydroxyl groups is 1. The van der Waals surface area contributed by atoms with Gasteiger partial charge in [0.05, 0.1) is 13.0 Å². The highest BCUT2D eigenvalue weighted by atomic mass is 16.5. The standard InChI is InChI=1S/C10H14O.C6H12O2/c1-3-8(2)9-4-6-10(11)7-5-9;1-4-5(2)6(7)8-3/h4-8,11H,3H2,1-2H3;5H,4H2,1-3H3. The molecule has 1 aromatic carbocycles. The Hall–Kier alpha value is -1.51. The van der Waals surface area contributed by atoms with E-state index in [4.69, 9.17) is 5.11 Å². The van der Waals surface area contributed by atoms with E-state index in [9.17, 15) is 4.79 Å². The fourth-order valence-electron chi connectivity index (χ4n) is 1.41. The van der Waals surface area contributed by atoms with Crippen molar-refractivity contribution in [2.24, 2.45) is 5.92 Å². The molecule has 0 aliphatic carbocycles. The first kappa shape index (κ1) is 17.5. The van der Waals surface area contributed by atoms with Crippen molar-refractivity contribution >= 4 is 5.97 Å². The van der Waals surface area contributed by atoms with Gasteiger partial charge in [0.1, 0.15) is 5.75 Å². The lowest BCUT2D eigenvalue weighted by atomic mass is 9.99. The normalized spacial score (nSPS) is 12.9. The topological polar surface area (TPSA) is 46.5 Å². The van der Waals surface area contributed by atoms with Crippen molar-refractivity contribution < 1.29 is 14.6 Å². The molecule has 0 aromatic heterocycles. The van der Waals surface area contributed by atoms with Gasteiger partial charge in [0, 0.05) is 0 Å². The fourth-order valence-corrected chi connectivity index (χ4v) is 1.41. The Bertz CT molecular complexity index is 357. The third kappa shape index (κ3) is 6.85. The van der Waals surface area contributed by atoms with Gasteiger partial charge in [-0.1, -0.05) is 39.8 Å². The van der Waals surface area contributed by atoms with E-state index in [2.05, 4.69) is 18.6 Å². The number of carbonyl (C=O) groups is 1. The summed E-state index contributed by atoms with van der Waals surface area (Å²) in [5.41, 5.74) is 1.30. The Balaban J connectivity index is 0.000000362. The summed E-state index contributed by atoms with van der Waals surface area (Å²) >= 11 is 0. The number of benzene rings is 1. The summed E-state index contributed by atoms with van der Waals surface area (Å²) in [6.45, 7) is 8.16. The average Bonchev–Trinajstić information content (AvgIpc) is 2.46. The predicted octanol–water partition coefficient (Wildman–Crippen LogP) is 4.11. The van der Waals surface area contributed by atoms with Gasteiger partial charge < -0.3 is 9.84 Å². The van der Waals surface area contributed by atoms with Crippen LogP contribution >= 0.6 is 0 Å². The number of phenols is 1. The lowest BCUT2D eigenvalue weighted by Gasteiger charge is -2.07. The lowest BCUT2D eigenvalue weighted by molar-refractivity contribution is -0.144. The minimum atomic E-state index is -0.118. The van der Waals surface area contributed by atoms with Gasteiger partial charge in [0.15, 0.2) is 0 Å². The summed E-state index contributed by atoms with van der Waals surface area (Å²) in [4.78, 5) is 10.5. The SMILES string of the molecule is CCC(C)C(=O)OC.CCC(C)c1ccc(O)cc1. The highest BCUT2D eigenvalue weighted by Gasteiger charge is 2.08. The second-order valence-corrected chi connectivity index (χ2v) is 4.73.